The molecule has 1 amide bonds. The van der Waals surface area contributed by atoms with E-state index in [-0.39, 0.29) is 18.9 Å². The van der Waals surface area contributed by atoms with Crippen molar-refractivity contribution in [3.63, 3.8) is 0 Å². The monoisotopic (exact) mass is 233 g/mol. The Kier molecular flexibility index (Phi) is 4.94. The third-order valence-corrected chi connectivity index (χ3v) is 2.24. The van der Waals surface area contributed by atoms with Crippen LogP contribution in [0.15, 0.2) is 30.3 Å². The van der Waals surface area contributed by atoms with Crippen LogP contribution in [-0.4, -0.2) is 23.5 Å². The van der Waals surface area contributed by atoms with Gasteiger partial charge in [0.2, 0.25) is 5.91 Å². The van der Waals surface area contributed by atoms with Gasteiger partial charge in [-0.25, -0.2) is 0 Å². The third kappa shape index (κ3) is 4.97. The number of rotatable bonds is 5. The minimum Gasteiger partial charge on any atom is -0.481 e. The van der Waals surface area contributed by atoms with Crippen LogP contribution in [0.2, 0.25) is 0 Å². The normalized spacial score (nSPS) is 10.4. The molecule has 90 valence electrons. The molecule has 1 aromatic carbocycles. The number of carboxylic acid groups (broad SMARTS) is 1. The van der Waals surface area contributed by atoms with Crippen molar-refractivity contribution in [3.8, 4) is 0 Å². The summed E-state index contributed by atoms with van der Waals surface area (Å²) in [6.45, 7) is 2.11. The van der Waals surface area contributed by atoms with Crippen LogP contribution in [0.4, 0.5) is 0 Å². The lowest BCUT2D eigenvalue weighted by molar-refractivity contribution is -0.136. The maximum atomic E-state index is 11.3. The van der Waals surface area contributed by atoms with E-state index < -0.39 is 5.97 Å². The molecule has 0 aliphatic rings. The van der Waals surface area contributed by atoms with Gasteiger partial charge >= 0.3 is 5.97 Å². The lowest BCUT2D eigenvalue weighted by Crippen LogP contribution is -2.23. The van der Waals surface area contributed by atoms with Crippen LogP contribution in [0.1, 0.15) is 17.5 Å². The lowest BCUT2D eigenvalue weighted by atomic mass is 10.1. The summed E-state index contributed by atoms with van der Waals surface area (Å²) in [7, 11) is 0. The van der Waals surface area contributed by atoms with Crippen molar-refractivity contribution in [2.75, 3.05) is 6.54 Å². The number of benzene rings is 1. The largest absolute Gasteiger partial charge is 0.481 e. The van der Waals surface area contributed by atoms with E-state index in [2.05, 4.69) is 5.32 Å². The van der Waals surface area contributed by atoms with E-state index in [1.54, 1.807) is 6.08 Å². The zero-order valence-electron chi connectivity index (χ0n) is 9.64. The van der Waals surface area contributed by atoms with Gasteiger partial charge in [0.25, 0.3) is 0 Å². The van der Waals surface area contributed by atoms with Crippen molar-refractivity contribution in [3.05, 3.63) is 41.5 Å². The van der Waals surface area contributed by atoms with Gasteiger partial charge in [-0.15, -0.1) is 0 Å². The minimum absolute atomic E-state index is 0.0655. The van der Waals surface area contributed by atoms with E-state index in [0.717, 1.165) is 11.1 Å². The van der Waals surface area contributed by atoms with Crippen molar-refractivity contribution < 1.29 is 14.7 Å². The van der Waals surface area contributed by atoms with Gasteiger partial charge in [-0.05, 0) is 24.1 Å². The van der Waals surface area contributed by atoms with E-state index in [1.807, 2.05) is 31.2 Å². The van der Waals surface area contributed by atoms with Crippen molar-refractivity contribution in [2.24, 2.45) is 0 Å². The van der Waals surface area contributed by atoms with Crippen LogP contribution in [0, 0.1) is 6.92 Å². The van der Waals surface area contributed by atoms with Crippen molar-refractivity contribution in [1.82, 2.24) is 5.32 Å². The fraction of sp³-hybridized carbons (Fsp3) is 0.231. The summed E-state index contributed by atoms with van der Waals surface area (Å²) in [5.74, 6) is -1.21. The first-order chi connectivity index (χ1) is 8.09. The summed E-state index contributed by atoms with van der Waals surface area (Å²) in [5.41, 5.74) is 2.06. The van der Waals surface area contributed by atoms with Crippen molar-refractivity contribution in [2.45, 2.75) is 13.3 Å². The summed E-state index contributed by atoms with van der Waals surface area (Å²) in [4.78, 5) is 21.6. The maximum absolute atomic E-state index is 11.3. The van der Waals surface area contributed by atoms with Crippen LogP contribution < -0.4 is 5.32 Å². The Morgan fingerprint density at radius 3 is 2.71 bits per heavy atom. The van der Waals surface area contributed by atoms with E-state index in [1.165, 1.54) is 6.08 Å². The van der Waals surface area contributed by atoms with Crippen molar-refractivity contribution in [1.29, 1.82) is 0 Å². The van der Waals surface area contributed by atoms with Crippen LogP contribution in [-0.2, 0) is 9.59 Å². The van der Waals surface area contributed by atoms with Gasteiger partial charge < -0.3 is 10.4 Å². The molecule has 0 heterocycles. The van der Waals surface area contributed by atoms with Gasteiger partial charge in [0, 0.05) is 12.6 Å². The molecule has 0 radical (unpaired) electrons. The fourth-order valence-electron chi connectivity index (χ4n) is 1.29. The number of nitrogens with one attached hydrogen (secondary N) is 1. The highest BCUT2D eigenvalue weighted by molar-refractivity contribution is 5.92. The summed E-state index contributed by atoms with van der Waals surface area (Å²) in [6, 6.07) is 7.70. The second-order valence-corrected chi connectivity index (χ2v) is 3.62. The summed E-state index contributed by atoms with van der Waals surface area (Å²) >= 11 is 0. The number of amides is 1. The molecule has 0 aliphatic carbocycles. The quantitative estimate of drug-likeness (QED) is 0.759. The van der Waals surface area contributed by atoms with Gasteiger partial charge in [-0.3, -0.25) is 9.59 Å². The molecule has 0 spiro atoms. The number of carboxylic acids is 1. The van der Waals surface area contributed by atoms with Gasteiger partial charge in [0.15, 0.2) is 0 Å². The van der Waals surface area contributed by atoms with Crippen LogP contribution >= 0.6 is 0 Å². The number of aliphatic carboxylic acids is 1. The number of carbonyl (C=O) groups excluding carboxylic acids is 1. The van der Waals surface area contributed by atoms with Crippen LogP contribution in [0.3, 0.4) is 0 Å². The molecule has 0 bridgehead atoms. The van der Waals surface area contributed by atoms with E-state index >= 15 is 0 Å². The smallest absolute Gasteiger partial charge is 0.305 e. The highest BCUT2D eigenvalue weighted by atomic mass is 16.4. The molecule has 0 atom stereocenters. The lowest BCUT2D eigenvalue weighted by Gasteiger charge is -2.00. The highest BCUT2D eigenvalue weighted by Gasteiger charge is 1.99. The Balaban J connectivity index is 2.46. The summed E-state index contributed by atoms with van der Waals surface area (Å²) < 4.78 is 0. The van der Waals surface area contributed by atoms with Gasteiger partial charge in [0.05, 0.1) is 6.42 Å². The Labute approximate surface area is 100.0 Å². The fourth-order valence-corrected chi connectivity index (χ4v) is 1.29. The Bertz CT molecular complexity index is 438. The summed E-state index contributed by atoms with van der Waals surface area (Å²) in [5, 5.41) is 10.9. The Morgan fingerprint density at radius 2 is 2.06 bits per heavy atom. The molecule has 0 aromatic heterocycles. The topological polar surface area (TPSA) is 66.4 Å². The van der Waals surface area contributed by atoms with E-state index in [4.69, 9.17) is 5.11 Å². The molecule has 0 fully saturated rings. The molecule has 4 heteroatoms. The molecular weight excluding hydrogens is 218 g/mol. The van der Waals surface area contributed by atoms with Crippen LogP contribution in [0.25, 0.3) is 6.08 Å². The first-order valence-corrected chi connectivity index (χ1v) is 5.33. The first kappa shape index (κ1) is 13.0. The highest BCUT2D eigenvalue weighted by Crippen LogP contribution is 2.08. The summed E-state index contributed by atoms with van der Waals surface area (Å²) in [6.07, 6.45) is 3.06. The number of hydrogen-bond acceptors (Lipinski definition) is 2. The van der Waals surface area contributed by atoms with Gasteiger partial charge in [0.1, 0.15) is 0 Å². The molecule has 17 heavy (non-hydrogen) atoms. The Morgan fingerprint density at radius 1 is 1.35 bits per heavy atom. The molecular formula is C13H15NO3. The molecule has 0 aliphatic heterocycles. The average Bonchev–Trinajstić information content (AvgIpc) is 2.27. The maximum Gasteiger partial charge on any atom is 0.305 e. The molecule has 1 aromatic rings. The molecule has 0 unspecified atom stereocenters. The van der Waals surface area contributed by atoms with Gasteiger partial charge in [-0.2, -0.15) is 0 Å². The zero-order valence-corrected chi connectivity index (χ0v) is 9.64. The average molecular weight is 233 g/mol. The first-order valence-electron chi connectivity index (χ1n) is 5.33. The predicted octanol–water partition coefficient (Wildman–Crippen LogP) is 1.60. The zero-order chi connectivity index (χ0) is 12.7. The van der Waals surface area contributed by atoms with Gasteiger partial charge in [-0.1, -0.05) is 24.3 Å². The SMILES string of the molecule is Cc1ccccc1C=CC(=O)NCCC(=O)O. The molecule has 2 N–H and O–H groups in total. The second-order valence-electron chi connectivity index (χ2n) is 3.62. The Hall–Kier alpha value is -2.10. The van der Waals surface area contributed by atoms with E-state index in [9.17, 15) is 9.59 Å². The van der Waals surface area contributed by atoms with Crippen LogP contribution in [0.5, 0.6) is 0 Å². The second kappa shape index (κ2) is 6.48. The predicted molar refractivity (Wildman–Crippen MR) is 65.5 cm³/mol. The standard InChI is InChI=1S/C13H15NO3/c1-10-4-2-3-5-11(10)6-7-12(15)14-9-8-13(16)17/h2-7H,8-9H2,1H3,(H,14,15)(H,16,17). The molecule has 0 saturated heterocycles. The number of aryl methyl sites for hydroxylation is 1. The third-order valence-electron chi connectivity index (χ3n) is 2.24. The van der Waals surface area contributed by atoms with E-state index in [0.29, 0.717) is 0 Å². The molecule has 4 nitrogen and oxygen atoms in total. The number of carbonyl (C=O) groups is 2. The number of hydrogen-bond donors (Lipinski definition) is 2. The minimum atomic E-state index is -0.923. The van der Waals surface area contributed by atoms with Crippen molar-refractivity contribution >= 4 is 18.0 Å². The molecule has 1 rings (SSSR count). The molecule has 0 saturated carbocycles.